The Morgan fingerprint density at radius 3 is 2.47 bits per heavy atom. The molecule has 6 heteroatoms. The maximum absolute atomic E-state index is 10.8. The molecule has 0 aliphatic heterocycles. The van der Waals surface area contributed by atoms with Gasteiger partial charge in [0.25, 0.3) is 0 Å². The number of nitrogens with one attached hydrogen (secondary N) is 1. The van der Waals surface area contributed by atoms with E-state index in [9.17, 15) is 8.42 Å². The summed E-state index contributed by atoms with van der Waals surface area (Å²) in [6, 6.07) is 0. The van der Waals surface area contributed by atoms with Gasteiger partial charge in [-0.2, -0.15) is 11.8 Å². The lowest BCUT2D eigenvalue weighted by molar-refractivity contribution is 0.353. The fraction of sp³-hybridized carbons (Fsp3) is 1.00. The topological polar surface area (TPSA) is 49.4 Å². The van der Waals surface area contributed by atoms with E-state index in [1.54, 1.807) is 0 Å². The molecular formula is C9H22N2O2S2. The van der Waals surface area contributed by atoms with Crippen LogP contribution in [0.1, 0.15) is 0 Å². The predicted octanol–water partition coefficient (Wildman–Crippen LogP) is -0.0846. The molecule has 0 amide bonds. The Morgan fingerprint density at radius 2 is 1.93 bits per heavy atom. The normalized spacial score (nSPS) is 12.3. The largest absolute Gasteiger partial charge is 0.314 e. The summed E-state index contributed by atoms with van der Waals surface area (Å²) >= 11 is 1.84. The molecule has 0 radical (unpaired) electrons. The van der Waals surface area contributed by atoms with Crippen molar-refractivity contribution in [3.63, 3.8) is 0 Å². The van der Waals surface area contributed by atoms with E-state index in [0.29, 0.717) is 6.54 Å². The Morgan fingerprint density at radius 1 is 1.27 bits per heavy atom. The number of hydrogen-bond donors (Lipinski definition) is 1. The Kier molecular flexibility index (Phi) is 8.50. The van der Waals surface area contributed by atoms with Crippen molar-refractivity contribution in [2.24, 2.45) is 0 Å². The molecule has 0 aromatic heterocycles. The highest BCUT2D eigenvalue weighted by molar-refractivity contribution is 7.98. The lowest BCUT2D eigenvalue weighted by Crippen LogP contribution is -2.32. The summed E-state index contributed by atoms with van der Waals surface area (Å²) in [5.74, 6) is 1.36. The van der Waals surface area contributed by atoms with E-state index < -0.39 is 9.84 Å². The number of rotatable bonds is 9. The number of thioether (sulfide) groups is 1. The van der Waals surface area contributed by atoms with Crippen LogP contribution in [0.5, 0.6) is 0 Å². The first-order valence-corrected chi connectivity index (χ1v) is 8.47. The summed E-state index contributed by atoms with van der Waals surface area (Å²) in [6.07, 6.45) is 3.36. The highest BCUT2D eigenvalue weighted by Crippen LogP contribution is 1.92. The number of nitrogens with zero attached hydrogens (tertiary/aromatic N) is 1. The summed E-state index contributed by atoms with van der Waals surface area (Å²) in [6.45, 7) is 3.44. The van der Waals surface area contributed by atoms with Crippen molar-refractivity contribution in [2.45, 2.75) is 0 Å². The first-order chi connectivity index (χ1) is 6.95. The van der Waals surface area contributed by atoms with E-state index in [2.05, 4.69) is 23.5 Å². The molecule has 0 aromatic carbocycles. The SMILES string of the molecule is CSCCN(C)CCNCCS(C)(=O)=O. The van der Waals surface area contributed by atoms with Gasteiger partial charge in [-0.05, 0) is 13.3 Å². The van der Waals surface area contributed by atoms with E-state index >= 15 is 0 Å². The van der Waals surface area contributed by atoms with E-state index in [4.69, 9.17) is 0 Å². The molecular weight excluding hydrogens is 232 g/mol. The molecule has 0 rings (SSSR count). The van der Waals surface area contributed by atoms with E-state index in [0.717, 1.165) is 25.4 Å². The van der Waals surface area contributed by atoms with Crippen LogP contribution in [0.4, 0.5) is 0 Å². The second kappa shape index (κ2) is 8.38. The molecule has 0 atom stereocenters. The molecule has 0 aliphatic carbocycles. The highest BCUT2D eigenvalue weighted by atomic mass is 32.2. The molecule has 0 unspecified atom stereocenters. The molecule has 0 bridgehead atoms. The van der Waals surface area contributed by atoms with Gasteiger partial charge in [-0.25, -0.2) is 8.42 Å². The van der Waals surface area contributed by atoms with Gasteiger partial charge < -0.3 is 10.2 Å². The van der Waals surface area contributed by atoms with Crippen molar-refractivity contribution in [1.29, 1.82) is 0 Å². The number of likely N-dealkylation sites (N-methyl/N-ethyl adjacent to an activating group) is 1. The Hall–Kier alpha value is 0.220. The van der Waals surface area contributed by atoms with Gasteiger partial charge in [0.1, 0.15) is 9.84 Å². The average molecular weight is 254 g/mol. The number of sulfone groups is 1. The van der Waals surface area contributed by atoms with Gasteiger partial charge in [0, 0.05) is 38.2 Å². The minimum atomic E-state index is -2.82. The van der Waals surface area contributed by atoms with Gasteiger partial charge in [-0.3, -0.25) is 0 Å². The van der Waals surface area contributed by atoms with E-state index in [1.165, 1.54) is 6.26 Å². The lowest BCUT2D eigenvalue weighted by Gasteiger charge is -2.15. The fourth-order valence-corrected chi connectivity index (χ4v) is 2.02. The van der Waals surface area contributed by atoms with Gasteiger partial charge >= 0.3 is 0 Å². The third-order valence-corrected chi connectivity index (χ3v) is 3.53. The van der Waals surface area contributed by atoms with Crippen LogP contribution in [0.3, 0.4) is 0 Å². The summed E-state index contributed by atoms with van der Waals surface area (Å²) in [5.41, 5.74) is 0. The van der Waals surface area contributed by atoms with Gasteiger partial charge in [-0.1, -0.05) is 0 Å². The van der Waals surface area contributed by atoms with Crippen LogP contribution in [-0.4, -0.2) is 70.6 Å². The van der Waals surface area contributed by atoms with Crippen LogP contribution in [-0.2, 0) is 9.84 Å². The van der Waals surface area contributed by atoms with Crippen molar-refractivity contribution in [3.8, 4) is 0 Å². The standard InChI is InChI=1S/C9H22N2O2S2/c1-11(7-8-14-2)6-4-10-5-9-15(3,12)13/h10H,4-9H2,1-3H3. The molecule has 0 fully saturated rings. The summed E-state index contributed by atoms with van der Waals surface area (Å²) in [4.78, 5) is 2.24. The molecule has 0 saturated carbocycles. The maximum atomic E-state index is 10.8. The van der Waals surface area contributed by atoms with Crippen LogP contribution in [0.2, 0.25) is 0 Å². The van der Waals surface area contributed by atoms with Gasteiger partial charge in [0.05, 0.1) is 5.75 Å². The molecule has 0 saturated heterocycles. The molecule has 0 aromatic rings. The molecule has 0 spiro atoms. The quantitative estimate of drug-likeness (QED) is 0.583. The van der Waals surface area contributed by atoms with Crippen molar-refractivity contribution < 1.29 is 8.42 Å². The van der Waals surface area contributed by atoms with Crippen LogP contribution < -0.4 is 5.32 Å². The monoisotopic (exact) mass is 254 g/mol. The minimum Gasteiger partial charge on any atom is -0.314 e. The van der Waals surface area contributed by atoms with Crippen LogP contribution >= 0.6 is 11.8 Å². The first-order valence-electron chi connectivity index (χ1n) is 5.01. The highest BCUT2D eigenvalue weighted by Gasteiger charge is 2.01. The fourth-order valence-electron chi connectivity index (χ4n) is 1.01. The lowest BCUT2D eigenvalue weighted by atomic mass is 10.5. The molecule has 0 aliphatic rings. The predicted molar refractivity (Wildman–Crippen MR) is 68.5 cm³/mol. The second-order valence-electron chi connectivity index (χ2n) is 3.68. The van der Waals surface area contributed by atoms with Crippen LogP contribution in [0.15, 0.2) is 0 Å². The Bertz CT molecular complexity index is 242. The molecule has 15 heavy (non-hydrogen) atoms. The first kappa shape index (κ1) is 15.2. The second-order valence-corrected chi connectivity index (χ2v) is 6.92. The smallest absolute Gasteiger partial charge is 0.148 e. The zero-order valence-corrected chi connectivity index (χ0v) is 11.5. The van der Waals surface area contributed by atoms with Crippen molar-refractivity contribution >= 4 is 21.6 Å². The maximum Gasteiger partial charge on any atom is 0.148 e. The van der Waals surface area contributed by atoms with Crippen LogP contribution in [0, 0.1) is 0 Å². The number of hydrogen-bond acceptors (Lipinski definition) is 5. The third-order valence-electron chi connectivity index (χ3n) is 2.00. The third kappa shape index (κ3) is 12.2. The van der Waals surface area contributed by atoms with Crippen molar-refractivity contribution in [1.82, 2.24) is 10.2 Å². The summed E-state index contributed by atoms with van der Waals surface area (Å²) in [5, 5.41) is 3.12. The van der Waals surface area contributed by atoms with Crippen molar-refractivity contribution in [3.05, 3.63) is 0 Å². The minimum absolute atomic E-state index is 0.224. The zero-order chi connectivity index (χ0) is 11.7. The molecule has 0 heterocycles. The summed E-state index contributed by atoms with van der Waals surface area (Å²) < 4.78 is 21.6. The Labute approximate surface area is 97.7 Å². The van der Waals surface area contributed by atoms with Crippen LogP contribution in [0.25, 0.3) is 0 Å². The van der Waals surface area contributed by atoms with E-state index in [-0.39, 0.29) is 5.75 Å². The summed E-state index contributed by atoms with van der Waals surface area (Å²) in [7, 11) is -0.741. The van der Waals surface area contributed by atoms with Gasteiger partial charge in [-0.15, -0.1) is 0 Å². The molecule has 4 nitrogen and oxygen atoms in total. The van der Waals surface area contributed by atoms with Gasteiger partial charge in [0.2, 0.25) is 0 Å². The zero-order valence-electron chi connectivity index (χ0n) is 9.82. The van der Waals surface area contributed by atoms with E-state index in [1.807, 2.05) is 11.8 Å². The van der Waals surface area contributed by atoms with Crippen molar-refractivity contribution in [2.75, 3.05) is 57.2 Å². The molecule has 1 N–H and O–H groups in total. The average Bonchev–Trinajstić information content (AvgIpc) is 2.12. The Balaban J connectivity index is 3.31. The molecule has 92 valence electrons. The van der Waals surface area contributed by atoms with Gasteiger partial charge in [0.15, 0.2) is 0 Å².